The molecule has 538 valence electrons. The summed E-state index contributed by atoms with van der Waals surface area (Å²) < 4.78 is 17.1. The van der Waals surface area contributed by atoms with E-state index in [4.69, 9.17) is 14.2 Å². The summed E-state index contributed by atoms with van der Waals surface area (Å²) >= 11 is 0. The average molecular weight is 1330 g/mol. The standard InChI is InChI=1S/C15H16.2C14H14O.C11H9NO.C10H8.C6H6.12C2H6/c1-13(15-10-6-3-7-11-15)12-14-8-4-2-5-9-14;2*1-12(13-8-4-2-5-9-13)15-14-10-6-3-7-11-14;1-2-6-10(7-3-1)13-11-8-4-5-9-12-11;1-2-6-10-8-4-3-7-9(10)5-1;1-2-4-6-5-3-1;12*1-2/h2-11,13H,12H2,1H3;2*2-12H,1H3;1-9H;1-8H;1-6H;12*1-2H3. The molecule has 0 saturated carbocycles. The van der Waals surface area contributed by atoms with Gasteiger partial charge in [-0.2, -0.15) is 0 Å². The zero-order valence-corrected chi connectivity index (χ0v) is 66.7. The first-order valence-electron chi connectivity index (χ1n) is 37.2. The maximum atomic E-state index is 5.80. The molecule has 3 atom stereocenters. The second-order valence-electron chi connectivity index (χ2n) is 17.1. The molecule has 11 rings (SSSR count). The number of para-hydroxylation sites is 3. The van der Waals surface area contributed by atoms with Crippen LogP contribution in [0.15, 0.2) is 322 Å². The van der Waals surface area contributed by atoms with Crippen molar-refractivity contribution in [3.8, 4) is 23.1 Å². The molecule has 1 aromatic heterocycles. The molecule has 0 amide bonds. The van der Waals surface area contributed by atoms with E-state index in [1.165, 1.54) is 33.0 Å². The summed E-state index contributed by atoms with van der Waals surface area (Å²) in [7, 11) is 0. The molecule has 3 unspecified atom stereocenters. The van der Waals surface area contributed by atoms with E-state index in [9.17, 15) is 0 Å². The molecule has 98 heavy (non-hydrogen) atoms. The molecule has 10 aromatic carbocycles. The van der Waals surface area contributed by atoms with Crippen LogP contribution in [0.1, 0.15) is 227 Å². The summed E-state index contributed by atoms with van der Waals surface area (Å²) in [5, 5.41) is 2.62. The van der Waals surface area contributed by atoms with Gasteiger partial charge in [0, 0.05) is 12.3 Å². The molecule has 11 aromatic rings. The molecule has 1 heterocycles. The zero-order valence-electron chi connectivity index (χ0n) is 66.7. The van der Waals surface area contributed by atoms with Crippen molar-refractivity contribution in [3.05, 3.63) is 344 Å². The summed E-state index contributed by atoms with van der Waals surface area (Å²) in [5.41, 5.74) is 5.22. The highest BCUT2D eigenvalue weighted by atomic mass is 16.5. The minimum absolute atomic E-state index is 0.0913. The average Bonchev–Trinajstić information content (AvgIpc) is 1.09. The van der Waals surface area contributed by atoms with Gasteiger partial charge in [-0.05, 0) is 102 Å². The van der Waals surface area contributed by atoms with Gasteiger partial charge >= 0.3 is 0 Å². The molecule has 0 fully saturated rings. The van der Waals surface area contributed by atoms with Crippen molar-refractivity contribution in [2.45, 2.75) is 211 Å². The van der Waals surface area contributed by atoms with Crippen molar-refractivity contribution < 1.29 is 14.2 Å². The third kappa shape index (κ3) is 56.2. The van der Waals surface area contributed by atoms with E-state index in [0.717, 1.165) is 23.7 Å². The van der Waals surface area contributed by atoms with Crippen LogP contribution >= 0.6 is 0 Å². The first-order valence-corrected chi connectivity index (χ1v) is 37.2. The monoisotopic (exact) mass is 1330 g/mol. The van der Waals surface area contributed by atoms with Crippen LogP contribution in [0.5, 0.6) is 23.1 Å². The van der Waals surface area contributed by atoms with Crippen LogP contribution in [-0.2, 0) is 6.42 Å². The maximum Gasteiger partial charge on any atom is 0.219 e. The van der Waals surface area contributed by atoms with Crippen LogP contribution in [0.2, 0.25) is 0 Å². The van der Waals surface area contributed by atoms with Crippen molar-refractivity contribution in [3.63, 3.8) is 0 Å². The van der Waals surface area contributed by atoms with Crippen molar-refractivity contribution >= 4 is 10.8 Å². The Bertz CT molecular complexity index is 2730. The van der Waals surface area contributed by atoms with Gasteiger partial charge in [0.25, 0.3) is 0 Å². The van der Waals surface area contributed by atoms with Crippen molar-refractivity contribution in [2.75, 3.05) is 0 Å². The highest BCUT2D eigenvalue weighted by Crippen LogP contribution is 2.23. The van der Waals surface area contributed by atoms with E-state index in [1.807, 2.05) is 348 Å². The number of hydrogen-bond acceptors (Lipinski definition) is 4. The molecule has 0 aliphatic carbocycles. The summed E-state index contributed by atoms with van der Waals surface area (Å²) in [6, 6.07) is 105. The van der Waals surface area contributed by atoms with Crippen LogP contribution in [-0.4, -0.2) is 4.98 Å². The van der Waals surface area contributed by atoms with Gasteiger partial charge in [-0.3, -0.25) is 0 Å². The van der Waals surface area contributed by atoms with E-state index in [1.54, 1.807) is 6.20 Å². The van der Waals surface area contributed by atoms with Gasteiger partial charge in [0.2, 0.25) is 5.88 Å². The first kappa shape index (κ1) is 103. The molecule has 0 spiro atoms. The van der Waals surface area contributed by atoms with E-state index >= 15 is 0 Å². The molecule has 4 heteroatoms. The lowest BCUT2D eigenvalue weighted by atomic mass is 9.94. The van der Waals surface area contributed by atoms with Crippen LogP contribution in [0.3, 0.4) is 0 Å². The Hall–Kier alpha value is -8.99. The molecule has 0 N–H and O–H groups in total. The summed E-state index contributed by atoms with van der Waals surface area (Å²) in [5.74, 6) is 3.84. The maximum absolute atomic E-state index is 5.80. The van der Waals surface area contributed by atoms with Gasteiger partial charge in [-0.1, -0.05) is 440 Å². The van der Waals surface area contributed by atoms with Gasteiger partial charge in [0.1, 0.15) is 29.5 Å². The van der Waals surface area contributed by atoms with Gasteiger partial charge < -0.3 is 14.2 Å². The minimum atomic E-state index is 0.0913. The fourth-order valence-electron chi connectivity index (χ4n) is 7.39. The first-order chi connectivity index (χ1) is 48.5. The third-order valence-electron chi connectivity index (χ3n) is 11.3. The molecular formula is C94H139NO3. The highest BCUT2D eigenvalue weighted by Gasteiger charge is 2.07. The smallest absolute Gasteiger partial charge is 0.219 e. The van der Waals surface area contributed by atoms with Crippen molar-refractivity contribution in [2.24, 2.45) is 0 Å². The predicted octanol–water partition coefficient (Wildman–Crippen LogP) is 31.4. The molecule has 0 bridgehead atoms. The fraction of sp³-hybridized carbons (Fsp3) is 0.330. The number of hydrogen-bond donors (Lipinski definition) is 0. The van der Waals surface area contributed by atoms with Gasteiger partial charge in [-0.15, -0.1) is 0 Å². The van der Waals surface area contributed by atoms with Gasteiger partial charge in [0.05, 0.1) is 0 Å². The van der Waals surface area contributed by atoms with E-state index in [0.29, 0.717) is 11.8 Å². The summed E-state index contributed by atoms with van der Waals surface area (Å²) in [6.45, 7) is 54.4. The number of benzene rings is 10. The Balaban J connectivity index is -0.000000193. The molecule has 0 aliphatic heterocycles. The normalized spacial score (nSPS) is 9.09. The van der Waals surface area contributed by atoms with Crippen molar-refractivity contribution in [1.29, 1.82) is 0 Å². The molecular weight excluding hydrogens is 1190 g/mol. The summed E-state index contributed by atoms with van der Waals surface area (Å²) in [4.78, 5) is 4.05. The molecule has 0 radical (unpaired) electrons. The Kier molecular flexibility index (Phi) is 90.0. The third-order valence-corrected chi connectivity index (χ3v) is 11.3. The van der Waals surface area contributed by atoms with E-state index in [2.05, 4.69) is 159 Å². The zero-order chi connectivity index (χ0) is 75.5. The van der Waals surface area contributed by atoms with Crippen LogP contribution in [0.4, 0.5) is 0 Å². The Morgan fingerprint density at radius 1 is 0.235 bits per heavy atom. The number of rotatable bonds is 11. The lowest BCUT2D eigenvalue weighted by molar-refractivity contribution is 0.227. The second kappa shape index (κ2) is 86.0. The summed E-state index contributed by atoms with van der Waals surface area (Å²) in [6.07, 6.45) is 3.01. The quantitative estimate of drug-likeness (QED) is 0.129. The topological polar surface area (TPSA) is 40.6 Å². The molecule has 4 nitrogen and oxygen atoms in total. The Morgan fingerprint density at radius 3 is 0.735 bits per heavy atom. The lowest BCUT2D eigenvalue weighted by Gasteiger charge is -2.14. The van der Waals surface area contributed by atoms with Crippen LogP contribution < -0.4 is 14.2 Å². The van der Waals surface area contributed by atoms with E-state index in [-0.39, 0.29) is 12.2 Å². The van der Waals surface area contributed by atoms with Gasteiger partial charge in [0.15, 0.2) is 0 Å². The minimum Gasteiger partial charge on any atom is -0.486 e. The number of ether oxygens (including phenoxy) is 3. The Labute approximate surface area is 605 Å². The van der Waals surface area contributed by atoms with E-state index < -0.39 is 0 Å². The van der Waals surface area contributed by atoms with Gasteiger partial charge in [-0.25, -0.2) is 4.98 Å². The molecule has 0 aliphatic rings. The second-order valence-corrected chi connectivity index (χ2v) is 17.1. The van der Waals surface area contributed by atoms with Crippen LogP contribution in [0.25, 0.3) is 10.8 Å². The lowest BCUT2D eigenvalue weighted by Crippen LogP contribution is -2.02. The molecule has 0 saturated heterocycles. The number of pyridine rings is 1. The van der Waals surface area contributed by atoms with Crippen LogP contribution in [0, 0.1) is 0 Å². The SMILES string of the molecule is CC.CC.CC.CC.CC.CC.CC.CC.CC.CC.CC.CC.CC(Cc1ccccc1)c1ccccc1.CC(Oc1ccccc1)c1ccccc1.CC(Oc1ccccc1)c1ccccc1.c1ccc(Oc2ccccn2)cc1.c1ccc2ccccc2c1.c1ccccc1. The largest absolute Gasteiger partial charge is 0.486 e. The Morgan fingerprint density at radius 2 is 0.459 bits per heavy atom. The number of aromatic nitrogens is 1. The number of nitrogens with zero attached hydrogens (tertiary/aromatic N) is 1. The highest BCUT2D eigenvalue weighted by molar-refractivity contribution is 5.82. The van der Waals surface area contributed by atoms with Crippen molar-refractivity contribution in [1.82, 2.24) is 4.98 Å². The number of fused-ring (bicyclic) bond motifs is 1. The predicted molar refractivity (Wildman–Crippen MR) is 446 cm³/mol. The fourth-order valence-corrected chi connectivity index (χ4v) is 7.39.